The summed E-state index contributed by atoms with van der Waals surface area (Å²) in [5, 5.41) is 0. The van der Waals surface area contributed by atoms with Crippen molar-refractivity contribution < 1.29 is 4.79 Å². The topological polar surface area (TPSA) is 17.1 Å². The second-order valence-electron chi connectivity index (χ2n) is 6.70. The molecule has 2 saturated carbocycles. The SMILES string of the molecule is CC(C)=C1CC(C)(C)[C@H]2CC[C@@H](C)[C@@H]2C1=O. The van der Waals surface area contributed by atoms with E-state index in [2.05, 4.69) is 34.6 Å². The second kappa shape index (κ2) is 3.72. The Morgan fingerprint density at radius 1 is 1.25 bits per heavy atom. The van der Waals surface area contributed by atoms with Crippen LogP contribution in [0.15, 0.2) is 11.1 Å². The van der Waals surface area contributed by atoms with E-state index in [1.807, 2.05) is 0 Å². The molecule has 0 unspecified atom stereocenters. The fraction of sp³-hybridized carbons (Fsp3) is 0.800. The normalized spacial score (nSPS) is 37.4. The number of hydrogen-bond acceptors (Lipinski definition) is 1. The van der Waals surface area contributed by atoms with E-state index in [1.165, 1.54) is 18.4 Å². The molecule has 2 aliphatic rings. The average Bonchev–Trinajstić information content (AvgIpc) is 2.55. The molecule has 0 saturated heterocycles. The van der Waals surface area contributed by atoms with Gasteiger partial charge in [-0.1, -0.05) is 26.3 Å². The van der Waals surface area contributed by atoms with E-state index in [0.717, 1.165) is 12.0 Å². The van der Waals surface area contributed by atoms with Crippen molar-refractivity contribution in [1.29, 1.82) is 0 Å². The molecule has 0 heterocycles. The maximum atomic E-state index is 12.5. The Labute approximate surface area is 99.3 Å². The molecule has 0 bridgehead atoms. The molecule has 0 radical (unpaired) electrons. The first-order chi connectivity index (χ1) is 7.34. The monoisotopic (exact) mass is 220 g/mol. The first-order valence-corrected chi connectivity index (χ1v) is 6.55. The highest BCUT2D eigenvalue weighted by Crippen LogP contribution is 2.54. The molecule has 0 aliphatic heterocycles. The van der Waals surface area contributed by atoms with Crippen LogP contribution in [0.1, 0.15) is 53.9 Å². The van der Waals surface area contributed by atoms with Gasteiger partial charge in [0.25, 0.3) is 0 Å². The summed E-state index contributed by atoms with van der Waals surface area (Å²) in [6.45, 7) is 11.1. The molecule has 0 N–H and O–H groups in total. The number of Topliss-reactive ketones (excluding diaryl/α,β-unsaturated/α-hetero) is 1. The summed E-state index contributed by atoms with van der Waals surface area (Å²) in [7, 11) is 0. The summed E-state index contributed by atoms with van der Waals surface area (Å²) in [5.41, 5.74) is 2.67. The van der Waals surface area contributed by atoms with Crippen molar-refractivity contribution in [2.24, 2.45) is 23.2 Å². The minimum atomic E-state index is 0.314. The average molecular weight is 220 g/mol. The summed E-state index contributed by atoms with van der Waals surface area (Å²) >= 11 is 0. The quantitative estimate of drug-likeness (QED) is 0.564. The summed E-state index contributed by atoms with van der Waals surface area (Å²) in [6, 6.07) is 0. The zero-order chi connectivity index (χ0) is 12.1. The molecule has 3 atom stereocenters. The molecule has 0 amide bonds. The van der Waals surface area contributed by atoms with Crippen LogP contribution >= 0.6 is 0 Å². The molecule has 2 aliphatic carbocycles. The Morgan fingerprint density at radius 2 is 1.88 bits per heavy atom. The number of carbonyl (C=O) groups excluding carboxylic acids is 1. The van der Waals surface area contributed by atoms with Gasteiger partial charge in [-0.2, -0.15) is 0 Å². The Kier molecular flexibility index (Phi) is 2.76. The number of hydrogen-bond donors (Lipinski definition) is 0. The van der Waals surface area contributed by atoms with Crippen LogP contribution in [0.3, 0.4) is 0 Å². The predicted octanol–water partition coefficient (Wildman–Crippen LogP) is 3.98. The van der Waals surface area contributed by atoms with Crippen molar-refractivity contribution in [1.82, 2.24) is 0 Å². The molecule has 1 heteroatoms. The Hall–Kier alpha value is -0.590. The van der Waals surface area contributed by atoms with Crippen LogP contribution in [0.4, 0.5) is 0 Å². The van der Waals surface area contributed by atoms with E-state index in [1.54, 1.807) is 0 Å². The second-order valence-corrected chi connectivity index (χ2v) is 6.70. The van der Waals surface area contributed by atoms with Crippen LogP contribution < -0.4 is 0 Å². The van der Waals surface area contributed by atoms with Crippen molar-refractivity contribution in [3.8, 4) is 0 Å². The Morgan fingerprint density at radius 3 is 2.44 bits per heavy atom. The molecule has 0 aromatic rings. The Bertz CT molecular complexity index is 344. The minimum absolute atomic E-state index is 0.314. The molecule has 2 fully saturated rings. The summed E-state index contributed by atoms with van der Waals surface area (Å²) in [4.78, 5) is 12.5. The van der Waals surface area contributed by atoms with Crippen LogP contribution in [-0.2, 0) is 4.79 Å². The summed E-state index contributed by atoms with van der Waals surface area (Å²) in [6.07, 6.45) is 3.48. The van der Waals surface area contributed by atoms with E-state index in [4.69, 9.17) is 0 Å². The van der Waals surface area contributed by atoms with E-state index in [9.17, 15) is 4.79 Å². The first kappa shape index (κ1) is 11.9. The highest BCUT2D eigenvalue weighted by atomic mass is 16.1. The fourth-order valence-electron chi connectivity index (χ4n) is 3.81. The molecule has 16 heavy (non-hydrogen) atoms. The van der Waals surface area contributed by atoms with Gasteiger partial charge in [0.1, 0.15) is 0 Å². The third kappa shape index (κ3) is 1.65. The van der Waals surface area contributed by atoms with Crippen LogP contribution in [0, 0.1) is 23.2 Å². The van der Waals surface area contributed by atoms with E-state index < -0.39 is 0 Å². The van der Waals surface area contributed by atoms with Crippen molar-refractivity contribution in [2.75, 3.05) is 0 Å². The molecule has 1 nitrogen and oxygen atoms in total. The van der Waals surface area contributed by atoms with Crippen molar-refractivity contribution in [3.63, 3.8) is 0 Å². The van der Waals surface area contributed by atoms with E-state index >= 15 is 0 Å². The van der Waals surface area contributed by atoms with Crippen LogP contribution in [0.5, 0.6) is 0 Å². The van der Waals surface area contributed by atoms with Gasteiger partial charge in [-0.25, -0.2) is 0 Å². The predicted molar refractivity (Wildman–Crippen MR) is 67.2 cm³/mol. The number of ketones is 1. The minimum Gasteiger partial charge on any atom is -0.294 e. The van der Waals surface area contributed by atoms with E-state index in [0.29, 0.717) is 29.0 Å². The molecule has 90 valence electrons. The third-order valence-corrected chi connectivity index (χ3v) is 4.82. The summed E-state index contributed by atoms with van der Waals surface area (Å²) in [5.74, 6) is 1.99. The molecule has 0 aromatic carbocycles. The lowest BCUT2D eigenvalue weighted by Gasteiger charge is -2.42. The first-order valence-electron chi connectivity index (χ1n) is 6.55. The van der Waals surface area contributed by atoms with E-state index in [-0.39, 0.29) is 0 Å². The number of rotatable bonds is 0. The van der Waals surface area contributed by atoms with Gasteiger partial charge in [0.2, 0.25) is 0 Å². The van der Waals surface area contributed by atoms with Gasteiger partial charge in [0, 0.05) is 5.92 Å². The molecule has 2 rings (SSSR count). The standard InChI is InChI=1S/C15H24O/c1-9(2)11-8-15(4,5)12-7-6-10(3)13(12)14(11)16/h10,12-13H,6-8H2,1-5H3/t10-,12+,13+/m1/s1. The Balaban J connectivity index is 2.42. The molecule has 0 aromatic heterocycles. The lowest BCUT2D eigenvalue weighted by Crippen LogP contribution is -2.40. The van der Waals surface area contributed by atoms with Gasteiger partial charge >= 0.3 is 0 Å². The van der Waals surface area contributed by atoms with Gasteiger partial charge in [-0.3, -0.25) is 4.79 Å². The van der Waals surface area contributed by atoms with Gasteiger partial charge in [-0.05, 0) is 55.9 Å². The maximum absolute atomic E-state index is 12.5. The van der Waals surface area contributed by atoms with Gasteiger partial charge in [-0.15, -0.1) is 0 Å². The van der Waals surface area contributed by atoms with Crippen LogP contribution in [-0.4, -0.2) is 5.78 Å². The zero-order valence-electron chi connectivity index (χ0n) is 11.3. The number of fused-ring (bicyclic) bond motifs is 1. The van der Waals surface area contributed by atoms with Gasteiger partial charge in [0.05, 0.1) is 0 Å². The van der Waals surface area contributed by atoms with Gasteiger partial charge in [0.15, 0.2) is 5.78 Å². The lowest BCUT2D eigenvalue weighted by atomic mass is 9.61. The molecule has 0 spiro atoms. The van der Waals surface area contributed by atoms with Crippen molar-refractivity contribution in [3.05, 3.63) is 11.1 Å². The van der Waals surface area contributed by atoms with Crippen molar-refractivity contribution >= 4 is 5.78 Å². The molecular weight excluding hydrogens is 196 g/mol. The maximum Gasteiger partial charge on any atom is 0.162 e. The van der Waals surface area contributed by atoms with Crippen LogP contribution in [0.2, 0.25) is 0 Å². The summed E-state index contributed by atoms with van der Waals surface area (Å²) < 4.78 is 0. The molecular formula is C15H24O. The number of carbonyl (C=O) groups is 1. The third-order valence-electron chi connectivity index (χ3n) is 4.82. The highest BCUT2D eigenvalue weighted by molar-refractivity contribution is 5.99. The van der Waals surface area contributed by atoms with Crippen LogP contribution in [0.25, 0.3) is 0 Å². The lowest BCUT2D eigenvalue weighted by molar-refractivity contribution is -0.125. The number of allylic oxidation sites excluding steroid dienone is 2. The smallest absolute Gasteiger partial charge is 0.162 e. The van der Waals surface area contributed by atoms with Gasteiger partial charge < -0.3 is 0 Å². The highest BCUT2D eigenvalue weighted by Gasteiger charge is 2.50. The van der Waals surface area contributed by atoms with Crippen molar-refractivity contribution in [2.45, 2.75) is 53.9 Å². The zero-order valence-corrected chi connectivity index (χ0v) is 11.3. The largest absolute Gasteiger partial charge is 0.294 e. The fourth-order valence-corrected chi connectivity index (χ4v) is 3.81.